The zero-order valence-corrected chi connectivity index (χ0v) is 18.2. The molecule has 7 nitrogen and oxygen atoms in total. The molecule has 1 N–H and O–H groups in total. The molecule has 0 saturated heterocycles. The van der Waals surface area contributed by atoms with Crippen molar-refractivity contribution >= 4 is 43.8 Å². The molecule has 2 heterocycles. The quantitative estimate of drug-likeness (QED) is 0.468. The molecule has 0 radical (unpaired) electrons. The standard InChI is InChI=1S/C22H17NO6S2/c1-3-29-22(26)20-12(2)10-18(30-20)23-21(25)13-8-9-15-17(11-13)31(27,28)16-7-5-4-6-14(16)19(15)24/h4-11H,3H2,1-2H3,(H,23,25). The second-order valence-electron chi connectivity index (χ2n) is 6.84. The Hall–Kier alpha value is -3.30. The topological polar surface area (TPSA) is 107 Å². The lowest BCUT2D eigenvalue weighted by Gasteiger charge is -2.19. The van der Waals surface area contributed by atoms with Crippen LogP contribution in [0, 0.1) is 6.92 Å². The molecular weight excluding hydrogens is 438 g/mol. The number of ether oxygens (including phenoxy) is 1. The maximum atomic E-state index is 13.0. The molecule has 3 aromatic rings. The number of nitrogens with one attached hydrogen (secondary N) is 1. The highest BCUT2D eigenvalue weighted by Crippen LogP contribution is 2.35. The molecule has 0 aliphatic carbocycles. The van der Waals surface area contributed by atoms with E-state index >= 15 is 0 Å². The largest absolute Gasteiger partial charge is 0.462 e. The number of rotatable bonds is 4. The van der Waals surface area contributed by atoms with Crippen LogP contribution in [0.2, 0.25) is 0 Å². The molecule has 4 rings (SSSR count). The van der Waals surface area contributed by atoms with Gasteiger partial charge in [-0.25, -0.2) is 13.2 Å². The number of carbonyl (C=O) groups excluding carboxylic acids is 3. The van der Waals surface area contributed by atoms with Gasteiger partial charge in [-0.05, 0) is 55.8 Å². The van der Waals surface area contributed by atoms with Crippen molar-refractivity contribution in [2.45, 2.75) is 23.6 Å². The first-order chi connectivity index (χ1) is 14.7. The summed E-state index contributed by atoms with van der Waals surface area (Å²) >= 11 is 1.07. The third kappa shape index (κ3) is 3.55. The van der Waals surface area contributed by atoms with Crippen LogP contribution in [0.15, 0.2) is 58.3 Å². The van der Waals surface area contributed by atoms with Gasteiger partial charge in [-0.2, -0.15) is 0 Å². The lowest BCUT2D eigenvalue weighted by atomic mass is 10.0. The van der Waals surface area contributed by atoms with Gasteiger partial charge in [0.1, 0.15) is 4.88 Å². The van der Waals surface area contributed by atoms with Crippen LogP contribution in [0.3, 0.4) is 0 Å². The maximum Gasteiger partial charge on any atom is 0.348 e. The van der Waals surface area contributed by atoms with Gasteiger partial charge >= 0.3 is 5.97 Å². The molecule has 0 unspecified atom stereocenters. The van der Waals surface area contributed by atoms with Crippen molar-refractivity contribution in [3.63, 3.8) is 0 Å². The fourth-order valence-corrected chi connectivity index (χ4v) is 5.99. The minimum atomic E-state index is -3.94. The van der Waals surface area contributed by atoms with Crippen molar-refractivity contribution in [2.24, 2.45) is 0 Å². The molecule has 0 spiro atoms. The summed E-state index contributed by atoms with van der Waals surface area (Å²) in [5.74, 6) is -1.43. The lowest BCUT2D eigenvalue weighted by molar-refractivity contribution is 0.0531. The molecule has 0 saturated carbocycles. The summed E-state index contributed by atoms with van der Waals surface area (Å²) in [7, 11) is -3.94. The Morgan fingerprint density at radius 1 is 1.03 bits per heavy atom. The van der Waals surface area contributed by atoms with Crippen LogP contribution in [0.5, 0.6) is 0 Å². The van der Waals surface area contributed by atoms with Crippen molar-refractivity contribution in [3.8, 4) is 0 Å². The number of amides is 1. The van der Waals surface area contributed by atoms with Gasteiger partial charge in [-0.3, -0.25) is 9.59 Å². The van der Waals surface area contributed by atoms with E-state index in [2.05, 4.69) is 5.32 Å². The van der Waals surface area contributed by atoms with Crippen LogP contribution in [-0.4, -0.2) is 32.7 Å². The molecule has 1 amide bonds. The highest BCUT2D eigenvalue weighted by Gasteiger charge is 2.35. The average molecular weight is 456 g/mol. The summed E-state index contributed by atoms with van der Waals surface area (Å²) in [6, 6.07) is 11.6. The van der Waals surface area contributed by atoms with Gasteiger partial charge in [-0.1, -0.05) is 12.1 Å². The van der Waals surface area contributed by atoms with Gasteiger partial charge in [0.25, 0.3) is 5.91 Å². The number of hydrogen-bond donors (Lipinski definition) is 1. The Kier molecular flexibility index (Phi) is 5.24. The Bertz CT molecular complexity index is 1350. The first-order valence-corrected chi connectivity index (χ1v) is 11.7. The minimum absolute atomic E-state index is 0.0341. The molecule has 158 valence electrons. The highest BCUT2D eigenvalue weighted by atomic mass is 32.2. The predicted molar refractivity (Wildman–Crippen MR) is 115 cm³/mol. The average Bonchev–Trinajstić information content (AvgIpc) is 3.12. The van der Waals surface area contributed by atoms with Crippen LogP contribution in [0.1, 0.15) is 48.4 Å². The van der Waals surface area contributed by atoms with Gasteiger partial charge in [0.2, 0.25) is 9.84 Å². The molecule has 2 aromatic carbocycles. The number of aryl methyl sites for hydroxylation is 1. The molecular formula is C22H17NO6S2. The zero-order chi connectivity index (χ0) is 22.3. The minimum Gasteiger partial charge on any atom is -0.462 e. The van der Waals surface area contributed by atoms with Crippen molar-refractivity contribution in [1.82, 2.24) is 0 Å². The van der Waals surface area contributed by atoms with E-state index in [-0.39, 0.29) is 33.1 Å². The monoisotopic (exact) mass is 455 g/mol. The van der Waals surface area contributed by atoms with Crippen molar-refractivity contribution in [3.05, 3.63) is 75.7 Å². The molecule has 9 heteroatoms. The number of ketones is 1. The SMILES string of the molecule is CCOC(=O)c1sc(NC(=O)c2ccc3c(c2)S(=O)(=O)c2ccccc2C3=O)cc1C. The summed E-state index contributed by atoms with van der Waals surface area (Å²) in [6.45, 7) is 3.67. The van der Waals surface area contributed by atoms with Crippen molar-refractivity contribution in [2.75, 3.05) is 11.9 Å². The first kappa shape index (κ1) is 21.0. The van der Waals surface area contributed by atoms with E-state index in [1.165, 1.54) is 30.3 Å². The Morgan fingerprint density at radius 2 is 1.74 bits per heavy atom. The number of benzene rings is 2. The summed E-state index contributed by atoms with van der Waals surface area (Å²) in [5.41, 5.74) is 0.895. The van der Waals surface area contributed by atoms with Gasteiger partial charge in [0.05, 0.1) is 21.4 Å². The first-order valence-electron chi connectivity index (χ1n) is 9.35. The molecule has 1 aromatic heterocycles. The normalized spacial score (nSPS) is 13.8. The molecule has 0 bridgehead atoms. The van der Waals surface area contributed by atoms with Gasteiger partial charge < -0.3 is 10.1 Å². The second-order valence-corrected chi connectivity index (χ2v) is 9.78. The maximum absolute atomic E-state index is 13.0. The highest BCUT2D eigenvalue weighted by molar-refractivity contribution is 7.91. The van der Waals surface area contributed by atoms with E-state index in [9.17, 15) is 22.8 Å². The van der Waals surface area contributed by atoms with Crippen LogP contribution >= 0.6 is 11.3 Å². The van der Waals surface area contributed by atoms with Crippen LogP contribution in [-0.2, 0) is 14.6 Å². The molecule has 1 aliphatic heterocycles. The van der Waals surface area contributed by atoms with Gasteiger partial charge in [0.15, 0.2) is 5.78 Å². The zero-order valence-electron chi connectivity index (χ0n) is 16.6. The van der Waals surface area contributed by atoms with E-state index in [0.29, 0.717) is 15.4 Å². The molecule has 31 heavy (non-hydrogen) atoms. The van der Waals surface area contributed by atoms with Gasteiger partial charge in [-0.15, -0.1) is 11.3 Å². The predicted octanol–water partition coefficient (Wildman–Crippen LogP) is 3.86. The smallest absolute Gasteiger partial charge is 0.348 e. The van der Waals surface area contributed by atoms with E-state index in [1.54, 1.807) is 32.0 Å². The van der Waals surface area contributed by atoms with Crippen LogP contribution in [0.25, 0.3) is 0 Å². The number of esters is 1. The summed E-state index contributed by atoms with van der Waals surface area (Å²) < 4.78 is 31.0. The number of thiophene rings is 1. The third-order valence-corrected chi connectivity index (χ3v) is 7.80. The summed E-state index contributed by atoms with van der Waals surface area (Å²) in [4.78, 5) is 37.6. The Morgan fingerprint density at radius 3 is 2.48 bits per heavy atom. The van der Waals surface area contributed by atoms with Crippen LogP contribution < -0.4 is 5.32 Å². The Balaban J connectivity index is 1.67. The van der Waals surface area contributed by atoms with Crippen molar-refractivity contribution < 1.29 is 27.5 Å². The fourth-order valence-electron chi connectivity index (χ4n) is 3.35. The third-order valence-electron chi connectivity index (χ3n) is 4.81. The number of fused-ring (bicyclic) bond motifs is 2. The molecule has 0 atom stereocenters. The number of carbonyl (C=O) groups is 3. The number of anilines is 1. The summed E-state index contributed by atoms with van der Waals surface area (Å²) in [6.07, 6.45) is 0. The molecule has 0 fully saturated rings. The van der Waals surface area contributed by atoms with Crippen LogP contribution in [0.4, 0.5) is 5.00 Å². The Labute approximate surface area is 182 Å². The van der Waals surface area contributed by atoms with E-state index < -0.39 is 27.5 Å². The van der Waals surface area contributed by atoms with E-state index in [4.69, 9.17) is 4.74 Å². The molecule has 1 aliphatic rings. The van der Waals surface area contributed by atoms with Gasteiger partial charge in [0, 0.05) is 16.7 Å². The van der Waals surface area contributed by atoms with E-state index in [0.717, 1.165) is 11.3 Å². The second kappa shape index (κ2) is 7.75. The lowest BCUT2D eigenvalue weighted by Crippen LogP contribution is -2.21. The summed E-state index contributed by atoms with van der Waals surface area (Å²) in [5, 5.41) is 3.10. The van der Waals surface area contributed by atoms with E-state index in [1.807, 2.05) is 0 Å². The van der Waals surface area contributed by atoms with Crippen molar-refractivity contribution in [1.29, 1.82) is 0 Å². The number of hydrogen-bond acceptors (Lipinski definition) is 7. The number of sulfone groups is 1. The fraction of sp³-hybridized carbons (Fsp3) is 0.136.